The molecular weight excluding hydrogens is 448 g/mol. The van der Waals surface area contributed by atoms with Crippen LogP contribution in [0.5, 0.6) is 11.5 Å². The molecule has 32 heavy (non-hydrogen) atoms. The fraction of sp³-hybridized carbons (Fsp3) is 0.240. The van der Waals surface area contributed by atoms with Crippen molar-refractivity contribution in [2.75, 3.05) is 14.2 Å². The van der Waals surface area contributed by atoms with Gasteiger partial charge < -0.3 is 9.47 Å². The Morgan fingerprint density at radius 1 is 1.06 bits per heavy atom. The van der Waals surface area contributed by atoms with Gasteiger partial charge in [-0.15, -0.1) is 0 Å². The highest BCUT2D eigenvalue weighted by Crippen LogP contribution is 2.46. The van der Waals surface area contributed by atoms with Gasteiger partial charge in [0, 0.05) is 16.4 Å². The molecule has 0 aromatic heterocycles. The predicted octanol–water partition coefficient (Wildman–Crippen LogP) is 6.26. The van der Waals surface area contributed by atoms with Gasteiger partial charge in [-0.2, -0.15) is 0 Å². The standard InChI is InChI=1S/C25H23ClO5S/c1-14(2)9-12-21(32-25(29)15-7-5-6-8-17(15)26)16-13-20(30-3)22-18(27)10-11-19(28)23(22)24(16)31-4/h5-11,13,21H,12H2,1-4H3. The minimum atomic E-state index is -0.406. The number of hydrogen-bond donors (Lipinski definition) is 0. The minimum absolute atomic E-state index is 0.155. The first-order valence-corrected chi connectivity index (χ1v) is 11.2. The van der Waals surface area contributed by atoms with E-state index in [1.165, 1.54) is 26.4 Å². The lowest BCUT2D eigenvalue weighted by Gasteiger charge is -2.24. The van der Waals surface area contributed by atoms with E-state index in [4.69, 9.17) is 21.1 Å². The smallest absolute Gasteiger partial charge is 0.221 e. The Bertz CT molecular complexity index is 1150. The summed E-state index contributed by atoms with van der Waals surface area (Å²) < 4.78 is 11.1. The Balaban J connectivity index is 2.16. The fourth-order valence-electron chi connectivity index (χ4n) is 3.48. The first-order valence-electron chi connectivity index (χ1n) is 9.93. The summed E-state index contributed by atoms with van der Waals surface area (Å²) in [6.07, 6.45) is 4.96. The topological polar surface area (TPSA) is 69.7 Å². The maximum Gasteiger partial charge on any atom is 0.221 e. The predicted molar refractivity (Wildman–Crippen MR) is 128 cm³/mol. The number of ether oxygens (including phenoxy) is 2. The number of ketones is 2. The summed E-state index contributed by atoms with van der Waals surface area (Å²) in [4.78, 5) is 38.4. The van der Waals surface area contributed by atoms with Crippen molar-refractivity contribution in [3.05, 3.63) is 81.4 Å². The normalized spacial score (nSPS) is 13.4. The minimum Gasteiger partial charge on any atom is -0.496 e. The lowest BCUT2D eigenvalue weighted by Crippen LogP contribution is -2.17. The highest BCUT2D eigenvalue weighted by molar-refractivity contribution is 8.14. The van der Waals surface area contributed by atoms with Gasteiger partial charge in [0.15, 0.2) is 11.6 Å². The van der Waals surface area contributed by atoms with Crippen LogP contribution in [0.2, 0.25) is 5.02 Å². The van der Waals surface area contributed by atoms with Crippen LogP contribution in [0.3, 0.4) is 0 Å². The van der Waals surface area contributed by atoms with Crippen LogP contribution >= 0.6 is 23.4 Å². The summed E-state index contributed by atoms with van der Waals surface area (Å²) in [6, 6.07) is 8.53. The zero-order valence-corrected chi connectivity index (χ0v) is 19.8. The van der Waals surface area contributed by atoms with Gasteiger partial charge in [-0.05, 0) is 50.6 Å². The van der Waals surface area contributed by atoms with Crippen molar-refractivity contribution in [1.29, 1.82) is 0 Å². The first kappa shape index (κ1) is 23.8. The third kappa shape index (κ3) is 4.81. The van der Waals surface area contributed by atoms with Crippen LogP contribution in [0.4, 0.5) is 0 Å². The number of methoxy groups -OCH3 is 2. The number of rotatable bonds is 7. The number of carbonyl (C=O) groups excluding carboxylic acids is 3. The van der Waals surface area contributed by atoms with Crippen molar-refractivity contribution < 1.29 is 23.9 Å². The van der Waals surface area contributed by atoms with Gasteiger partial charge in [0.2, 0.25) is 5.12 Å². The average molecular weight is 471 g/mol. The van der Waals surface area contributed by atoms with E-state index in [-0.39, 0.29) is 39.3 Å². The van der Waals surface area contributed by atoms with Crippen molar-refractivity contribution in [1.82, 2.24) is 0 Å². The van der Waals surface area contributed by atoms with E-state index in [9.17, 15) is 14.4 Å². The van der Waals surface area contributed by atoms with Crippen LogP contribution in [0.15, 0.2) is 54.1 Å². The molecule has 0 saturated carbocycles. The Morgan fingerprint density at radius 2 is 1.72 bits per heavy atom. The molecule has 1 aliphatic rings. The second-order valence-corrected chi connectivity index (χ2v) is 8.99. The number of hydrogen-bond acceptors (Lipinski definition) is 6. The zero-order valence-electron chi connectivity index (χ0n) is 18.2. The number of fused-ring (bicyclic) bond motifs is 1. The lowest BCUT2D eigenvalue weighted by atomic mass is 9.89. The van der Waals surface area contributed by atoms with Crippen molar-refractivity contribution in [2.45, 2.75) is 25.5 Å². The third-order valence-corrected chi connectivity index (χ3v) is 6.50. The maximum atomic E-state index is 13.1. The third-order valence-electron chi connectivity index (χ3n) is 5.01. The fourth-order valence-corrected chi connectivity index (χ4v) is 4.81. The molecular formula is C25H23ClO5S. The molecule has 0 saturated heterocycles. The number of allylic oxidation sites excluding steroid dienone is 4. The van der Waals surface area contributed by atoms with Gasteiger partial charge in [0.05, 0.1) is 30.4 Å². The van der Waals surface area contributed by atoms with Crippen molar-refractivity contribution >= 4 is 40.0 Å². The second-order valence-electron chi connectivity index (χ2n) is 7.40. The Kier molecular flexibility index (Phi) is 7.59. The number of halogens is 1. The van der Waals surface area contributed by atoms with E-state index in [2.05, 4.69) is 0 Å². The van der Waals surface area contributed by atoms with E-state index < -0.39 is 5.25 Å². The molecule has 3 rings (SSSR count). The van der Waals surface area contributed by atoms with E-state index in [0.717, 1.165) is 17.3 Å². The maximum absolute atomic E-state index is 13.1. The monoisotopic (exact) mass is 470 g/mol. The van der Waals surface area contributed by atoms with Crippen LogP contribution in [-0.4, -0.2) is 30.9 Å². The Morgan fingerprint density at radius 3 is 2.31 bits per heavy atom. The van der Waals surface area contributed by atoms with Gasteiger partial charge in [0.1, 0.15) is 11.5 Å². The van der Waals surface area contributed by atoms with Crippen LogP contribution in [-0.2, 0) is 0 Å². The van der Waals surface area contributed by atoms with Gasteiger partial charge in [-0.1, -0.05) is 47.1 Å². The summed E-state index contributed by atoms with van der Waals surface area (Å²) >= 11 is 7.32. The zero-order chi connectivity index (χ0) is 23.4. The van der Waals surface area contributed by atoms with Gasteiger partial charge in [-0.25, -0.2) is 0 Å². The number of carbonyl (C=O) groups is 3. The number of thioether (sulfide) groups is 1. The summed E-state index contributed by atoms with van der Waals surface area (Å²) in [5.41, 5.74) is 2.41. The van der Waals surface area contributed by atoms with Crippen LogP contribution < -0.4 is 9.47 Å². The molecule has 0 N–H and O–H groups in total. The summed E-state index contributed by atoms with van der Waals surface area (Å²) in [5, 5.41) is -0.243. The van der Waals surface area contributed by atoms with Gasteiger partial charge >= 0.3 is 0 Å². The molecule has 0 aliphatic heterocycles. The van der Waals surface area contributed by atoms with E-state index in [1.54, 1.807) is 30.3 Å². The van der Waals surface area contributed by atoms with E-state index in [0.29, 0.717) is 22.6 Å². The molecule has 1 aliphatic carbocycles. The van der Waals surface area contributed by atoms with Crippen LogP contribution in [0.1, 0.15) is 62.2 Å². The summed E-state index contributed by atoms with van der Waals surface area (Å²) in [6.45, 7) is 3.94. The molecule has 0 spiro atoms. The molecule has 5 nitrogen and oxygen atoms in total. The van der Waals surface area contributed by atoms with E-state index >= 15 is 0 Å². The highest BCUT2D eigenvalue weighted by atomic mass is 35.5. The SMILES string of the molecule is COc1cc(C(CC=C(C)C)SC(=O)c2ccccc2Cl)c(OC)c2c1C(=O)C=CC2=O. The molecule has 166 valence electrons. The Labute approximate surface area is 196 Å². The van der Waals surface area contributed by atoms with Crippen LogP contribution in [0.25, 0.3) is 0 Å². The summed E-state index contributed by atoms with van der Waals surface area (Å²) in [7, 11) is 2.88. The quantitative estimate of drug-likeness (QED) is 0.444. The first-order chi connectivity index (χ1) is 15.3. The van der Waals surface area contributed by atoms with Crippen molar-refractivity contribution in [3.8, 4) is 11.5 Å². The van der Waals surface area contributed by atoms with Crippen molar-refractivity contribution in [3.63, 3.8) is 0 Å². The second kappa shape index (κ2) is 10.2. The Hall–Kier alpha value is -2.83. The highest BCUT2D eigenvalue weighted by Gasteiger charge is 2.32. The molecule has 0 bridgehead atoms. The average Bonchev–Trinajstić information content (AvgIpc) is 2.77. The molecule has 7 heteroatoms. The molecule has 2 aromatic carbocycles. The molecule has 0 heterocycles. The van der Waals surface area contributed by atoms with Gasteiger partial charge in [0.25, 0.3) is 0 Å². The molecule has 0 radical (unpaired) electrons. The van der Waals surface area contributed by atoms with Crippen LogP contribution in [0, 0.1) is 0 Å². The van der Waals surface area contributed by atoms with Gasteiger partial charge in [-0.3, -0.25) is 14.4 Å². The lowest BCUT2D eigenvalue weighted by molar-refractivity contribution is 0.0988. The largest absolute Gasteiger partial charge is 0.496 e. The molecule has 2 aromatic rings. The van der Waals surface area contributed by atoms with E-state index in [1.807, 2.05) is 19.9 Å². The molecule has 0 fully saturated rings. The summed E-state index contributed by atoms with van der Waals surface area (Å²) in [5.74, 6) is -0.136. The number of benzene rings is 2. The molecule has 1 unspecified atom stereocenters. The molecule has 0 amide bonds. The van der Waals surface area contributed by atoms with Crippen molar-refractivity contribution in [2.24, 2.45) is 0 Å². The molecule has 1 atom stereocenters.